The second kappa shape index (κ2) is 4.69. The van der Waals surface area contributed by atoms with Crippen molar-refractivity contribution in [1.29, 1.82) is 0 Å². The van der Waals surface area contributed by atoms with Crippen LogP contribution in [0.4, 0.5) is 0 Å². The largest absolute Gasteiger partial charge is 0.393 e. The normalized spacial score (nSPS) is 36.7. The third-order valence-electron chi connectivity index (χ3n) is 2.25. The summed E-state index contributed by atoms with van der Waals surface area (Å²) in [5.41, 5.74) is 16.4. The lowest BCUT2D eigenvalue weighted by atomic mass is 9.87. The van der Waals surface area contributed by atoms with E-state index in [9.17, 15) is 10.2 Å². The number of rotatable bonds is 2. The maximum Gasteiger partial charge on any atom is 0.0658 e. The Morgan fingerprint density at radius 2 is 1.29 bits per heavy atom. The van der Waals surface area contributed by atoms with E-state index < -0.39 is 24.3 Å². The molecule has 1 saturated carbocycles. The maximum atomic E-state index is 9.46. The zero-order valence-electron chi connectivity index (χ0n) is 7.30. The van der Waals surface area contributed by atoms with Gasteiger partial charge in [-0.15, -0.1) is 0 Å². The first-order valence-electron chi connectivity index (χ1n) is 4.13. The molecule has 0 aromatic rings. The van der Waals surface area contributed by atoms with Crippen molar-refractivity contribution < 1.29 is 10.2 Å². The molecule has 0 heterocycles. The lowest BCUT2D eigenvalue weighted by molar-refractivity contribution is 0.0232. The number of nitrogens with zero attached hydrogens (tertiary/aromatic N) is 6. The zero-order valence-corrected chi connectivity index (χ0v) is 7.30. The van der Waals surface area contributed by atoms with Crippen LogP contribution in [0.15, 0.2) is 10.2 Å². The topological polar surface area (TPSA) is 138 Å². The number of hydrogen-bond donors (Lipinski definition) is 2. The van der Waals surface area contributed by atoms with Gasteiger partial charge in [0.2, 0.25) is 0 Å². The van der Waals surface area contributed by atoms with Gasteiger partial charge >= 0.3 is 0 Å². The molecule has 1 aliphatic carbocycles. The quantitative estimate of drug-likeness (QED) is 0.386. The summed E-state index contributed by atoms with van der Waals surface area (Å²) in [5.74, 6) is 0. The Hall–Kier alpha value is -1.46. The van der Waals surface area contributed by atoms with E-state index in [0.717, 1.165) is 0 Å². The first-order valence-corrected chi connectivity index (χ1v) is 4.13. The Bertz CT molecular complexity index is 265. The summed E-state index contributed by atoms with van der Waals surface area (Å²) < 4.78 is 0. The van der Waals surface area contributed by atoms with Crippen LogP contribution in [-0.2, 0) is 0 Å². The molecule has 0 aromatic carbocycles. The Morgan fingerprint density at radius 3 is 1.57 bits per heavy atom. The van der Waals surface area contributed by atoms with Crippen molar-refractivity contribution in [2.24, 2.45) is 10.2 Å². The second-order valence-corrected chi connectivity index (χ2v) is 3.15. The molecule has 0 saturated heterocycles. The zero-order chi connectivity index (χ0) is 10.6. The van der Waals surface area contributed by atoms with E-state index in [1.807, 2.05) is 0 Å². The van der Waals surface area contributed by atoms with E-state index in [2.05, 4.69) is 20.1 Å². The van der Waals surface area contributed by atoms with Crippen LogP contribution in [0.3, 0.4) is 0 Å². The molecule has 0 spiro atoms. The molecule has 0 radical (unpaired) electrons. The first kappa shape index (κ1) is 10.6. The van der Waals surface area contributed by atoms with Crippen LogP contribution in [0, 0.1) is 0 Å². The number of azide groups is 2. The molecule has 0 aromatic heterocycles. The van der Waals surface area contributed by atoms with E-state index in [1.54, 1.807) is 0 Å². The minimum atomic E-state index is -0.857. The van der Waals surface area contributed by atoms with Crippen LogP contribution < -0.4 is 0 Å². The summed E-state index contributed by atoms with van der Waals surface area (Å²) in [4.78, 5) is 5.13. The molecule has 14 heavy (non-hydrogen) atoms. The lowest BCUT2D eigenvalue weighted by Gasteiger charge is -2.31. The van der Waals surface area contributed by atoms with Crippen LogP contribution >= 0.6 is 0 Å². The Kier molecular flexibility index (Phi) is 3.55. The summed E-state index contributed by atoms with van der Waals surface area (Å²) in [6.07, 6.45) is -1.47. The summed E-state index contributed by atoms with van der Waals surface area (Å²) in [7, 11) is 0. The molecule has 8 nitrogen and oxygen atoms in total. The molecule has 0 aliphatic heterocycles. The van der Waals surface area contributed by atoms with E-state index in [-0.39, 0.29) is 12.8 Å². The van der Waals surface area contributed by atoms with Crippen molar-refractivity contribution in [1.82, 2.24) is 0 Å². The molecule has 0 bridgehead atoms. The predicted octanol–water partition coefficient (Wildman–Crippen LogP) is 0.860. The highest BCUT2D eigenvalue weighted by Crippen LogP contribution is 2.24. The van der Waals surface area contributed by atoms with Gasteiger partial charge in [0.15, 0.2) is 0 Å². The van der Waals surface area contributed by atoms with Crippen LogP contribution in [0.1, 0.15) is 12.8 Å². The number of aliphatic hydroxyl groups is 2. The van der Waals surface area contributed by atoms with E-state index in [0.29, 0.717) is 0 Å². The molecule has 76 valence electrons. The fourth-order valence-corrected chi connectivity index (χ4v) is 1.50. The SMILES string of the molecule is [N-]=[N+]=N[C@H]1C[C@H](O)[C@@H](N=[N+]=[N-])C[C@@H]1O. The highest BCUT2D eigenvalue weighted by Gasteiger charge is 2.34. The van der Waals surface area contributed by atoms with E-state index >= 15 is 0 Å². The smallest absolute Gasteiger partial charge is 0.0658 e. The average molecular weight is 198 g/mol. The maximum absolute atomic E-state index is 9.46. The van der Waals surface area contributed by atoms with Crippen molar-refractivity contribution >= 4 is 0 Å². The highest BCUT2D eigenvalue weighted by molar-refractivity contribution is 4.93. The van der Waals surface area contributed by atoms with Crippen molar-refractivity contribution in [3.63, 3.8) is 0 Å². The first-order chi connectivity index (χ1) is 6.69. The Balaban J connectivity index is 2.70. The van der Waals surface area contributed by atoms with Gasteiger partial charge in [-0.25, -0.2) is 0 Å². The van der Waals surface area contributed by atoms with Gasteiger partial charge in [0, 0.05) is 9.82 Å². The van der Waals surface area contributed by atoms with E-state index in [4.69, 9.17) is 11.1 Å². The monoisotopic (exact) mass is 198 g/mol. The molecule has 0 unspecified atom stereocenters. The van der Waals surface area contributed by atoms with Gasteiger partial charge in [0.25, 0.3) is 0 Å². The molecule has 8 heteroatoms. The Morgan fingerprint density at radius 1 is 0.929 bits per heavy atom. The Labute approximate surface area is 79.4 Å². The molecule has 1 rings (SSSR count). The number of aliphatic hydroxyl groups excluding tert-OH is 2. The summed E-state index contributed by atoms with van der Waals surface area (Å²) >= 11 is 0. The van der Waals surface area contributed by atoms with E-state index in [1.165, 1.54) is 0 Å². The highest BCUT2D eigenvalue weighted by atomic mass is 16.3. The van der Waals surface area contributed by atoms with Crippen molar-refractivity contribution in [2.45, 2.75) is 37.1 Å². The minimum Gasteiger partial charge on any atom is -0.393 e. The molecular weight excluding hydrogens is 188 g/mol. The average Bonchev–Trinajstić information content (AvgIpc) is 2.14. The molecule has 1 fully saturated rings. The molecule has 1 aliphatic rings. The minimum absolute atomic E-state index is 0.120. The molecule has 0 amide bonds. The van der Waals surface area contributed by atoms with Crippen LogP contribution in [0.5, 0.6) is 0 Å². The molecular formula is C6H10N6O2. The summed E-state index contributed by atoms with van der Waals surface area (Å²) in [5, 5.41) is 25.6. The third kappa shape index (κ3) is 2.27. The van der Waals surface area contributed by atoms with Gasteiger partial charge in [-0.05, 0) is 23.9 Å². The van der Waals surface area contributed by atoms with Crippen LogP contribution in [-0.4, -0.2) is 34.5 Å². The van der Waals surface area contributed by atoms with Crippen molar-refractivity contribution in [3.8, 4) is 0 Å². The van der Waals surface area contributed by atoms with Gasteiger partial charge in [0.1, 0.15) is 0 Å². The third-order valence-corrected chi connectivity index (χ3v) is 2.25. The standard InChI is InChI=1S/C6H10N6O2/c7-11-9-3-1-5(13)4(10-12-8)2-6(3)14/h3-6,13-14H,1-2H2/t3-,4-,5-,6-/m0/s1. The van der Waals surface area contributed by atoms with Gasteiger partial charge in [-0.3, -0.25) is 0 Å². The summed E-state index contributed by atoms with van der Waals surface area (Å²) in [6.45, 7) is 0. The summed E-state index contributed by atoms with van der Waals surface area (Å²) in [6, 6.07) is -1.28. The predicted molar refractivity (Wildman–Crippen MR) is 47.1 cm³/mol. The van der Waals surface area contributed by atoms with Crippen LogP contribution in [0.25, 0.3) is 20.9 Å². The van der Waals surface area contributed by atoms with Crippen molar-refractivity contribution in [2.75, 3.05) is 0 Å². The second-order valence-electron chi connectivity index (χ2n) is 3.15. The molecule has 2 N–H and O–H groups in total. The van der Waals surface area contributed by atoms with Gasteiger partial charge in [-0.2, -0.15) is 0 Å². The lowest BCUT2D eigenvalue weighted by Crippen LogP contribution is -2.42. The fraction of sp³-hybridized carbons (Fsp3) is 1.00. The van der Waals surface area contributed by atoms with Crippen LogP contribution in [0.2, 0.25) is 0 Å². The van der Waals surface area contributed by atoms with Crippen molar-refractivity contribution in [3.05, 3.63) is 20.9 Å². The van der Waals surface area contributed by atoms with Gasteiger partial charge in [0.05, 0.1) is 24.3 Å². The fourth-order valence-electron chi connectivity index (χ4n) is 1.50. The number of hydrogen-bond acceptors (Lipinski definition) is 4. The van der Waals surface area contributed by atoms with Gasteiger partial charge in [-0.1, -0.05) is 10.2 Å². The van der Waals surface area contributed by atoms with Gasteiger partial charge < -0.3 is 10.2 Å². The molecule has 4 atom stereocenters.